The van der Waals surface area contributed by atoms with Gasteiger partial charge in [-0.2, -0.15) is 0 Å². The number of anilines is 1. The van der Waals surface area contributed by atoms with Gasteiger partial charge in [0.25, 0.3) is 11.8 Å². The van der Waals surface area contributed by atoms with Gasteiger partial charge in [0.2, 0.25) is 0 Å². The minimum absolute atomic E-state index is 0.0903. The Morgan fingerprint density at radius 2 is 1.74 bits per heavy atom. The molecular weight excluding hydrogens is 437 g/mol. The smallest absolute Gasteiger partial charge is 0.329 e. The Morgan fingerprint density at radius 3 is 2.44 bits per heavy atom. The molecular formula is C26H22FN3O4. The molecule has 0 spiro atoms. The van der Waals surface area contributed by atoms with Gasteiger partial charge in [0.15, 0.2) is 6.61 Å². The summed E-state index contributed by atoms with van der Waals surface area (Å²) < 4.78 is 19.4. The van der Waals surface area contributed by atoms with Gasteiger partial charge in [0.05, 0.1) is 6.54 Å². The summed E-state index contributed by atoms with van der Waals surface area (Å²) in [6, 6.07) is 19.5. The molecule has 172 valence electrons. The molecule has 0 unspecified atom stereocenters. The summed E-state index contributed by atoms with van der Waals surface area (Å²) >= 11 is 0. The topological polar surface area (TPSA) is 87.7 Å². The third-order valence-electron chi connectivity index (χ3n) is 5.14. The number of hydrogen-bond donors (Lipinski definition) is 2. The third-order valence-corrected chi connectivity index (χ3v) is 5.14. The van der Waals surface area contributed by atoms with Gasteiger partial charge in [0.1, 0.15) is 17.3 Å². The molecule has 0 aromatic heterocycles. The van der Waals surface area contributed by atoms with Crippen molar-refractivity contribution in [3.8, 4) is 5.75 Å². The molecule has 1 saturated heterocycles. The van der Waals surface area contributed by atoms with Crippen LogP contribution in [0.4, 0.5) is 14.9 Å². The highest BCUT2D eigenvalue weighted by molar-refractivity contribution is 6.13. The van der Waals surface area contributed by atoms with Crippen molar-refractivity contribution in [1.82, 2.24) is 10.2 Å². The number of rotatable bonds is 7. The molecule has 0 saturated carbocycles. The average Bonchev–Trinajstić information content (AvgIpc) is 3.09. The number of nitrogens with one attached hydrogen (secondary N) is 2. The second-order valence-electron chi connectivity index (χ2n) is 7.74. The van der Waals surface area contributed by atoms with Crippen molar-refractivity contribution < 1.29 is 23.5 Å². The van der Waals surface area contributed by atoms with E-state index in [-0.39, 0.29) is 30.3 Å². The molecule has 0 radical (unpaired) electrons. The lowest BCUT2D eigenvalue weighted by molar-refractivity contribution is -0.123. The largest absolute Gasteiger partial charge is 0.484 e. The number of urea groups is 1. The van der Waals surface area contributed by atoms with E-state index in [0.717, 1.165) is 10.5 Å². The van der Waals surface area contributed by atoms with Crippen LogP contribution in [0, 0.1) is 12.7 Å². The van der Waals surface area contributed by atoms with Crippen LogP contribution in [0.1, 0.15) is 16.7 Å². The highest BCUT2D eigenvalue weighted by Gasteiger charge is 2.33. The lowest BCUT2D eigenvalue weighted by Crippen LogP contribution is -2.30. The van der Waals surface area contributed by atoms with Gasteiger partial charge in [-0.15, -0.1) is 0 Å². The van der Waals surface area contributed by atoms with Crippen LogP contribution in [0.3, 0.4) is 0 Å². The number of hydrogen-bond acceptors (Lipinski definition) is 4. The molecule has 4 amide bonds. The van der Waals surface area contributed by atoms with Crippen molar-refractivity contribution in [1.29, 1.82) is 0 Å². The molecule has 1 aliphatic heterocycles. The van der Waals surface area contributed by atoms with E-state index in [1.54, 1.807) is 36.4 Å². The normalized spacial score (nSPS) is 14.3. The highest BCUT2D eigenvalue weighted by atomic mass is 19.1. The number of benzene rings is 3. The van der Waals surface area contributed by atoms with Crippen molar-refractivity contribution in [2.24, 2.45) is 0 Å². The SMILES string of the molecule is Cc1ccc(NC(=O)COc2ccc(/C=C3/NC(=O)N(Cc4ccccc4F)C3=O)cc2)cc1. The fraction of sp³-hybridized carbons (Fsp3) is 0.115. The maximum Gasteiger partial charge on any atom is 0.329 e. The maximum atomic E-state index is 13.9. The summed E-state index contributed by atoms with van der Waals surface area (Å²) in [5.41, 5.74) is 2.77. The number of imide groups is 1. The first-order valence-electron chi connectivity index (χ1n) is 10.6. The van der Waals surface area contributed by atoms with Gasteiger partial charge in [-0.3, -0.25) is 14.5 Å². The molecule has 34 heavy (non-hydrogen) atoms. The van der Waals surface area contributed by atoms with Crippen LogP contribution in [0.5, 0.6) is 5.75 Å². The van der Waals surface area contributed by atoms with E-state index in [1.165, 1.54) is 18.2 Å². The van der Waals surface area contributed by atoms with E-state index in [9.17, 15) is 18.8 Å². The first-order chi connectivity index (χ1) is 16.4. The van der Waals surface area contributed by atoms with E-state index in [4.69, 9.17) is 4.74 Å². The van der Waals surface area contributed by atoms with Crippen LogP contribution < -0.4 is 15.4 Å². The Kier molecular flexibility index (Phi) is 6.68. The molecule has 8 heteroatoms. The lowest BCUT2D eigenvalue weighted by atomic mass is 10.1. The number of aryl methyl sites for hydroxylation is 1. The fourth-order valence-corrected chi connectivity index (χ4v) is 3.32. The van der Waals surface area contributed by atoms with Crippen LogP contribution in [0.2, 0.25) is 0 Å². The molecule has 4 rings (SSSR count). The molecule has 1 heterocycles. The van der Waals surface area contributed by atoms with Gasteiger partial charge in [-0.25, -0.2) is 9.18 Å². The summed E-state index contributed by atoms with van der Waals surface area (Å²) in [4.78, 5) is 37.9. The van der Waals surface area contributed by atoms with Crippen LogP contribution in [0.15, 0.2) is 78.5 Å². The molecule has 2 N–H and O–H groups in total. The summed E-state index contributed by atoms with van der Waals surface area (Å²) in [7, 11) is 0. The lowest BCUT2D eigenvalue weighted by Gasteiger charge is -2.12. The van der Waals surface area contributed by atoms with Gasteiger partial charge in [-0.1, -0.05) is 48.0 Å². The standard InChI is InChI=1S/C26H22FN3O4/c1-17-6-10-20(11-7-17)28-24(31)16-34-21-12-8-18(9-13-21)14-23-25(32)30(26(33)29-23)15-19-4-2-3-5-22(19)27/h2-14H,15-16H2,1H3,(H,28,31)(H,29,33)/b23-14+. The number of nitrogens with zero attached hydrogens (tertiary/aromatic N) is 1. The molecule has 0 atom stereocenters. The third kappa shape index (κ3) is 5.47. The Balaban J connectivity index is 1.34. The molecule has 7 nitrogen and oxygen atoms in total. The van der Waals surface area contributed by atoms with Crippen molar-refractivity contribution in [2.75, 3.05) is 11.9 Å². The zero-order valence-corrected chi connectivity index (χ0v) is 18.4. The number of carbonyl (C=O) groups is 3. The van der Waals surface area contributed by atoms with E-state index < -0.39 is 17.8 Å². The van der Waals surface area contributed by atoms with Crippen molar-refractivity contribution in [2.45, 2.75) is 13.5 Å². The first kappa shape index (κ1) is 22.7. The Bertz CT molecular complexity index is 1250. The number of amides is 4. The van der Waals surface area contributed by atoms with Crippen LogP contribution >= 0.6 is 0 Å². The summed E-state index contributed by atoms with van der Waals surface area (Å²) in [5, 5.41) is 5.27. The first-order valence-corrected chi connectivity index (χ1v) is 10.6. The van der Waals surface area contributed by atoms with E-state index in [2.05, 4.69) is 10.6 Å². The van der Waals surface area contributed by atoms with Gasteiger partial charge >= 0.3 is 6.03 Å². The average molecular weight is 459 g/mol. The summed E-state index contributed by atoms with van der Waals surface area (Å²) in [5.74, 6) is -0.835. The van der Waals surface area contributed by atoms with Gasteiger partial charge in [0, 0.05) is 11.3 Å². The summed E-state index contributed by atoms with van der Waals surface area (Å²) in [6.45, 7) is 1.65. The molecule has 3 aromatic carbocycles. The van der Waals surface area contributed by atoms with Crippen LogP contribution in [-0.4, -0.2) is 29.4 Å². The predicted octanol–water partition coefficient (Wildman–Crippen LogP) is 4.24. The van der Waals surface area contributed by atoms with Crippen LogP contribution in [-0.2, 0) is 16.1 Å². The molecule has 1 aliphatic rings. The quantitative estimate of drug-likeness (QED) is 0.409. The predicted molar refractivity (Wildman–Crippen MR) is 125 cm³/mol. The highest BCUT2D eigenvalue weighted by Crippen LogP contribution is 2.20. The minimum atomic E-state index is -0.612. The van der Waals surface area contributed by atoms with Crippen molar-refractivity contribution in [3.05, 3.63) is 101 Å². The monoisotopic (exact) mass is 459 g/mol. The van der Waals surface area contributed by atoms with E-state index in [1.807, 2.05) is 31.2 Å². The number of halogens is 1. The second-order valence-corrected chi connectivity index (χ2v) is 7.74. The zero-order chi connectivity index (χ0) is 24.1. The molecule has 1 fully saturated rings. The van der Waals surface area contributed by atoms with Crippen molar-refractivity contribution >= 4 is 29.6 Å². The molecule has 0 bridgehead atoms. The van der Waals surface area contributed by atoms with Crippen molar-refractivity contribution in [3.63, 3.8) is 0 Å². The Hall–Kier alpha value is -4.46. The second kappa shape index (κ2) is 9.99. The Labute approximate surface area is 195 Å². The van der Waals surface area contributed by atoms with E-state index in [0.29, 0.717) is 17.0 Å². The maximum absolute atomic E-state index is 13.9. The van der Waals surface area contributed by atoms with Gasteiger partial charge in [-0.05, 0) is 48.9 Å². The van der Waals surface area contributed by atoms with Crippen LogP contribution in [0.25, 0.3) is 6.08 Å². The summed E-state index contributed by atoms with van der Waals surface area (Å²) in [6.07, 6.45) is 1.52. The molecule has 0 aliphatic carbocycles. The Morgan fingerprint density at radius 1 is 1.03 bits per heavy atom. The number of ether oxygens (including phenoxy) is 1. The van der Waals surface area contributed by atoms with E-state index >= 15 is 0 Å². The minimum Gasteiger partial charge on any atom is -0.484 e. The number of carbonyl (C=O) groups excluding carboxylic acids is 3. The van der Waals surface area contributed by atoms with Gasteiger partial charge < -0.3 is 15.4 Å². The zero-order valence-electron chi connectivity index (χ0n) is 18.4. The fourth-order valence-electron chi connectivity index (χ4n) is 3.32. The molecule has 3 aromatic rings.